The molecular weight excluding hydrogens is 569 g/mol. The number of carbonyl (C=O) groups excluding carboxylic acids is 2. The Hall–Kier alpha value is -3.07. The van der Waals surface area contributed by atoms with E-state index in [1.165, 1.54) is 29.2 Å². The number of sulfonamides is 1. The Kier molecular flexibility index (Phi) is 11.0. The number of amides is 2. The quantitative estimate of drug-likeness (QED) is 0.252. The van der Waals surface area contributed by atoms with Gasteiger partial charge in [-0.1, -0.05) is 84.1 Å². The zero-order chi connectivity index (χ0) is 29.4. The topological polar surface area (TPSA) is 86.8 Å². The Morgan fingerprint density at radius 2 is 1.65 bits per heavy atom. The summed E-state index contributed by atoms with van der Waals surface area (Å²) in [6.07, 6.45) is 1.72. The molecule has 3 aromatic carbocycles. The lowest BCUT2D eigenvalue weighted by molar-refractivity contribution is -0.139. The lowest BCUT2D eigenvalue weighted by Crippen LogP contribution is -2.51. The predicted molar refractivity (Wildman–Crippen MR) is 161 cm³/mol. The van der Waals surface area contributed by atoms with Crippen molar-refractivity contribution >= 4 is 50.7 Å². The van der Waals surface area contributed by atoms with Crippen molar-refractivity contribution in [2.24, 2.45) is 0 Å². The van der Waals surface area contributed by atoms with Gasteiger partial charge >= 0.3 is 0 Å². The molecule has 0 aromatic heterocycles. The Bertz CT molecular complexity index is 1450. The molecule has 0 bridgehead atoms. The molecular formula is C30H35Cl2N3O4S. The molecule has 1 atom stereocenters. The monoisotopic (exact) mass is 603 g/mol. The van der Waals surface area contributed by atoms with Gasteiger partial charge in [-0.25, -0.2) is 8.42 Å². The Labute approximate surface area is 247 Å². The van der Waals surface area contributed by atoms with Crippen LogP contribution in [0.3, 0.4) is 0 Å². The van der Waals surface area contributed by atoms with Gasteiger partial charge in [0.05, 0.1) is 15.6 Å². The van der Waals surface area contributed by atoms with Crippen LogP contribution in [-0.4, -0.2) is 44.3 Å². The largest absolute Gasteiger partial charge is 0.354 e. The van der Waals surface area contributed by atoms with Crippen LogP contribution in [0.2, 0.25) is 10.0 Å². The second kappa shape index (κ2) is 14.0. The maximum atomic E-state index is 14.0. The lowest BCUT2D eigenvalue weighted by Gasteiger charge is -2.32. The molecule has 0 saturated heterocycles. The maximum Gasteiger partial charge on any atom is 0.264 e. The van der Waals surface area contributed by atoms with Crippen LogP contribution in [-0.2, 0) is 26.2 Å². The number of anilines is 1. The third-order valence-electron chi connectivity index (χ3n) is 6.50. The summed E-state index contributed by atoms with van der Waals surface area (Å²) in [5.74, 6) is -0.880. The lowest BCUT2D eigenvalue weighted by atomic mass is 10.1. The summed E-state index contributed by atoms with van der Waals surface area (Å²) in [5, 5.41) is 3.25. The van der Waals surface area contributed by atoms with Gasteiger partial charge in [-0.05, 0) is 63.1 Å². The minimum absolute atomic E-state index is 0.00228. The molecule has 2 amide bonds. The fourth-order valence-corrected chi connectivity index (χ4v) is 6.01. The molecule has 3 rings (SSSR count). The van der Waals surface area contributed by atoms with Crippen LogP contribution in [0.5, 0.6) is 0 Å². The zero-order valence-electron chi connectivity index (χ0n) is 23.2. The number of nitrogens with one attached hydrogen (secondary N) is 1. The van der Waals surface area contributed by atoms with Crippen molar-refractivity contribution in [3.63, 3.8) is 0 Å². The number of benzene rings is 3. The molecule has 0 heterocycles. The molecule has 0 saturated carbocycles. The van der Waals surface area contributed by atoms with Crippen molar-refractivity contribution in [2.75, 3.05) is 17.4 Å². The maximum absolute atomic E-state index is 14.0. The molecule has 7 nitrogen and oxygen atoms in total. The molecule has 40 heavy (non-hydrogen) atoms. The first-order valence-electron chi connectivity index (χ1n) is 13.1. The van der Waals surface area contributed by atoms with E-state index in [1.54, 1.807) is 25.1 Å². The van der Waals surface area contributed by atoms with Gasteiger partial charge in [-0.2, -0.15) is 0 Å². The third-order valence-corrected chi connectivity index (χ3v) is 8.83. The van der Waals surface area contributed by atoms with Gasteiger partial charge in [-0.15, -0.1) is 0 Å². The molecule has 0 aliphatic carbocycles. The van der Waals surface area contributed by atoms with Crippen molar-refractivity contribution in [3.05, 3.63) is 93.5 Å². The van der Waals surface area contributed by atoms with Crippen molar-refractivity contribution in [1.29, 1.82) is 0 Å². The van der Waals surface area contributed by atoms with E-state index < -0.39 is 28.5 Å². The predicted octanol–water partition coefficient (Wildman–Crippen LogP) is 6.14. The summed E-state index contributed by atoms with van der Waals surface area (Å²) in [6.45, 7) is 7.46. The first kappa shape index (κ1) is 31.5. The van der Waals surface area contributed by atoms with Gasteiger partial charge in [0.2, 0.25) is 11.8 Å². The fourth-order valence-electron chi connectivity index (χ4n) is 4.15. The molecule has 3 aromatic rings. The number of hydrogen-bond donors (Lipinski definition) is 1. The highest BCUT2D eigenvalue weighted by Gasteiger charge is 2.33. The van der Waals surface area contributed by atoms with Crippen LogP contribution in [0.25, 0.3) is 0 Å². The highest BCUT2D eigenvalue weighted by molar-refractivity contribution is 7.92. The molecule has 214 valence electrons. The Morgan fingerprint density at radius 1 is 0.950 bits per heavy atom. The van der Waals surface area contributed by atoms with Gasteiger partial charge in [0.15, 0.2) is 0 Å². The highest BCUT2D eigenvalue weighted by atomic mass is 35.5. The Balaban J connectivity index is 2.04. The molecule has 0 fully saturated rings. The van der Waals surface area contributed by atoms with Gasteiger partial charge in [-0.3, -0.25) is 13.9 Å². The van der Waals surface area contributed by atoms with E-state index in [0.717, 1.165) is 33.8 Å². The average Bonchev–Trinajstić information content (AvgIpc) is 2.91. The van der Waals surface area contributed by atoms with Crippen LogP contribution in [0.15, 0.2) is 71.6 Å². The summed E-state index contributed by atoms with van der Waals surface area (Å²) in [4.78, 5) is 28.4. The standard InChI is InChI=1S/C30H35Cl2N3O4S/c1-5-6-16-33-30(37)23(4)34(19-24-9-7-8-22(3)17-24)29(36)20-35(28-18-25(31)12-15-27(28)32)40(38,39)26-13-10-21(2)11-14-26/h7-15,17-18,23H,5-6,16,19-20H2,1-4H3,(H,33,37). The van der Waals surface area contributed by atoms with E-state index in [1.807, 2.05) is 45.0 Å². The molecule has 1 unspecified atom stereocenters. The smallest absolute Gasteiger partial charge is 0.264 e. The van der Waals surface area contributed by atoms with E-state index in [0.29, 0.717) is 6.54 Å². The highest BCUT2D eigenvalue weighted by Crippen LogP contribution is 2.33. The van der Waals surface area contributed by atoms with E-state index in [2.05, 4.69) is 5.32 Å². The second-order valence-electron chi connectivity index (χ2n) is 9.75. The van der Waals surface area contributed by atoms with Crippen molar-refractivity contribution in [3.8, 4) is 0 Å². The van der Waals surface area contributed by atoms with E-state index in [9.17, 15) is 18.0 Å². The van der Waals surface area contributed by atoms with Crippen molar-refractivity contribution < 1.29 is 18.0 Å². The zero-order valence-corrected chi connectivity index (χ0v) is 25.5. The van der Waals surface area contributed by atoms with Crippen LogP contribution >= 0.6 is 23.2 Å². The molecule has 1 N–H and O–H groups in total. The molecule has 0 radical (unpaired) electrons. The minimum Gasteiger partial charge on any atom is -0.354 e. The molecule has 10 heteroatoms. The molecule has 0 aliphatic heterocycles. The summed E-state index contributed by atoms with van der Waals surface area (Å²) in [7, 11) is -4.24. The average molecular weight is 605 g/mol. The number of nitrogens with zero attached hydrogens (tertiary/aromatic N) is 2. The number of halogens is 2. The van der Waals surface area contributed by atoms with Crippen LogP contribution in [0, 0.1) is 13.8 Å². The van der Waals surface area contributed by atoms with Gasteiger partial charge < -0.3 is 10.2 Å². The summed E-state index contributed by atoms with van der Waals surface area (Å²) >= 11 is 12.7. The van der Waals surface area contributed by atoms with Gasteiger partial charge in [0.1, 0.15) is 12.6 Å². The van der Waals surface area contributed by atoms with Crippen LogP contribution in [0.4, 0.5) is 5.69 Å². The van der Waals surface area contributed by atoms with Crippen LogP contribution < -0.4 is 9.62 Å². The SMILES string of the molecule is CCCCNC(=O)C(C)N(Cc1cccc(C)c1)C(=O)CN(c1cc(Cl)ccc1Cl)S(=O)(=O)c1ccc(C)cc1. The summed E-state index contributed by atoms with van der Waals surface area (Å²) < 4.78 is 28.8. The number of hydrogen-bond acceptors (Lipinski definition) is 4. The van der Waals surface area contributed by atoms with Gasteiger partial charge in [0, 0.05) is 18.1 Å². The molecule has 0 spiro atoms. The number of unbranched alkanes of at least 4 members (excludes halogenated alkanes) is 1. The first-order chi connectivity index (χ1) is 18.9. The second-order valence-corrected chi connectivity index (χ2v) is 12.5. The van der Waals surface area contributed by atoms with Crippen molar-refractivity contribution in [1.82, 2.24) is 10.2 Å². The molecule has 0 aliphatic rings. The Morgan fingerprint density at radius 3 is 2.30 bits per heavy atom. The normalized spacial score (nSPS) is 12.1. The van der Waals surface area contributed by atoms with E-state index in [-0.39, 0.29) is 33.1 Å². The third kappa shape index (κ3) is 7.99. The fraction of sp³-hybridized carbons (Fsp3) is 0.333. The number of aryl methyl sites for hydroxylation is 2. The summed E-state index contributed by atoms with van der Waals surface area (Å²) in [5.41, 5.74) is 2.77. The minimum atomic E-state index is -4.24. The van der Waals surface area contributed by atoms with Crippen LogP contribution in [0.1, 0.15) is 43.4 Å². The van der Waals surface area contributed by atoms with Crippen molar-refractivity contribution in [2.45, 2.75) is 58.0 Å². The first-order valence-corrected chi connectivity index (χ1v) is 15.3. The number of rotatable bonds is 12. The van der Waals surface area contributed by atoms with E-state index >= 15 is 0 Å². The summed E-state index contributed by atoms with van der Waals surface area (Å²) in [6, 6.07) is 17.5. The van der Waals surface area contributed by atoms with E-state index in [4.69, 9.17) is 23.2 Å². The van der Waals surface area contributed by atoms with Gasteiger partial charge in [0.25, 0.3) is 10.0 Å². The number of carbonyl (C=O) groups is 2.